The van der Waals surface area contributed by atoms with Gasteiger partial charge in [-0.05, 0) is 42.8 Å². The van der Waals surface area contributed by atoms with Crippen LogP contribution in [0.2, 0.25) is 0 Å². The van der Waals surface area contributed by atoms with Gasteiger partial charge in [-0.15, -0.1) is 0 Å². The highest BCUT2D eigenvalue weighted by Crippen LogP contribution is 2.18. The van der Waals surface area contributed by atoms with Crippen molar-refractivity contribution in [3.8, 4) is 0 Å². The van der Waals surface area contributed by atoms with Crippen molar-refractivity contribution < 1.29 is 17.6 Å². The lowest BCUT2D eigenvalue weighted by molar-refractivity contribution is -0.127. The number of aryl methyl sites for hydroxylation is 1. The fourth-order valence-electron chi connectivity index (χ4n) is 2.85. The molecule has 1 fully saturated rings. The first-order valence-corrected chi connectivity index (χ1v) is 10.1. The highest BCUT2D eigenvalue weighted by Gasteiger charge is 2.29. The molecule has 0 unspecified atom stereocenters. The molecule has 0 saturated carbocycles. The summed E-state index contributed by atoms with van der Waals surface area (Å²) in [6.45, 7) is 3.06. The summed E-state index contributed by atoms with van der Waals surface area (Å²) in [6.07, 6.45) is 3.26. The smallest absolute Gasteiger partial charge is 0.246 e. The van der Waals surface area contributed by atoms with Gasteiger partial charge >= 0.3 is 0 Å². The first kappa shape index (κ1) is 19.3. The van der Waals surface area contributed by atoms with Gasteiger partial charge in [-0.25, -0.2) is 12.8 Å². The molecule has 1 amide bonds. The minimum atomic E-state index is -3.68. The Balaban J connectivity index is 1.60. The van der Waals surface area contributed by atoms with Crippen LogP contribution >= 0.6 is 0 Å². The minimum Gasteiger partial charge on any atom is -0.337 e. The van der Waals surface area contributed by atoms with Gasteiger partial charge < -0.3 is 4.90 Å². The molecule has 2 aromatic carbocycles. The van der Waals surface area contributed by atoms with E-state index in [2.05, 4.69) is 0 Å². The fraction of sp³-hybridized carbons (Fsp3) is 0.250. The molecule has 0 aliphatic carbocycles. The van der Waals surface area contributed by atoms with E-state index in [9.17, 15) is 17.6 Å². The standard InChI is InChI=1S/C20H21FN2O3S/c1-16-2-4-17(5-3-16)6-11-20(24)22-12-14-23(15-13-22)27(25,26)19-9-7-18(21)8-10-19/h2-11H,12-15H2,1H3. The van der Waals surface area contributed by atoms with Crippen molar-refractivity contribution in [1.82, 2.24) is 9.21 Å². The SMILES string of the molecule is Cc1ccc(C=CC(=O)N2CCN(S(=O)(=O)c3ccc(F)cc3)CC2)cc1. The molecule has 0 aromatic heterocycles. The summed E-state index contributed by atoms with van der Waals surface area (Å²) in [5.74, 6) is -0.626. The van der Waals surface area contributed by atoms with Crippen molar-refractivity contribution in [1.29, 1.82) is 0 Å². The molecular formula is C20H21FN2O3S. The number of halogens is 1. The van der Waals surface area contributed by atoms with E-state index in [-0.39, 0.29) is 23.9 Å². The Morgan fingerprint density at radius 1 is 0.963 bits per heavy atom. The maximum absolute atomic E-state index is 13.0. The lowest BCUT2D eigenvalue weighted by atomic mass is 10.1. The van der Waals surface area contributed by atoms with Crippen LogP contribution < -0.4 is 0 Å². The van der Waals surface area contributed by atoms with Crippen LogP contribution in [0, 0.1) is 12.7 Å². The van der Waals surface area contributed by atoms with E-state index < -0.39 is 15.8 Å². The van der Waals surface area contributed by atoms with Crippen molar-refractivity contribution >= 4 is 22.0 Å². The number of hydrogen-bond donors (Lipinski definition) is 0. The lowest BCUT2D eigenvalue weighted by Gasteiger charge is -2.33. The number of nitrogens with zero attached hydrogens (tertiary/aromatic N) is 2. The molecule has 27 heavy (non-hydrogen) atoms. The zero-order valence-electron chi connectivity index (χ0n) is 15.0. The van der Waals surface area contributed by atoms with Gasteiger partial charge in [-0.2, -0.15) is 4.31 Å². The van der Waals surface area contributed by atoms with Crippen molar-refractivity contribution in [2.45, 2.75) is 11.8 Å². The predicted octanol–water partition coefficient (Wildman–Crippen LogP) is 2.68. The molecule has 1 aliphatic heterocycles. The molecular weight excluding hydrogens is 367 g/mol. The predicted molar refractivity (Wildman–Crippen MR) is 102 cm³/mol. The Morgan fingerprint density at radius 3 is 2.15 bits per heavy atom. The topological polar surface area (TPSA) is 57.7 Å². The molecule has 1 aliphatic rings. The van der Waals surface area contributed by atoms with Crippen LogP contribution in [0.4, 0.5) is 4.39 Å². The molecule has 5 nitrogen and oxygen atoms in total. The number of carbonyl (C=O) groups excluding carboxylic acids is 1. The number of piperazine rings is 1. The molecule has 0 spiro atoms. The summed E-state index contributed by atoms with van der Waals surface area (Å²) < 4.78 is 39.5. The van der Waals surface area contributed by atoms with Gasteiger partial charge in [-0.3, -0.25) is 4.79 Å². The highest BCUT2D eigenvalue weighted by atomic mass is 32.2. The van der Waals surface area contributed by atoms with Crippen LogP contribution in [0.3, 0.4) is 0 Å². The molecule has 0 atom stereocenters. The Labute approximate surface area is 158 Å². The minimum absolute atomic E-state index is 0.0583. The van der Waals surface area contributed by atoms with Crippen molar-refractivity contribution in [3.05, 3.63) is 71.6 Å². The summed E-state index contributed by atoms with van der Waals surface area (Å²) in [6, 6.07) is 12.6. The Hall–Kier alpha value is -2.51. The monoisotopic (exact) mass is 388 g/mol. The Morgan fingerprint density at radius 2 is 1.56 bits per heavy atom. The van der Waals surface area contributed by atoms with Crippen LogP contribution in [-0.2, 0) is 14.8 Å². The zero-order chi connectivity index (χ0) is 19.4. The van der Waals surface area contributed by atoms with Crippen LogP contribution in [0.25, 0.3) is 6.08 Å². The highest BCUT2D eigenvalue weighted by molar-refractivity contribution is 7.89. The molecule has 7 heteroatoms. The normalized spacial score (nSPS) is 16.0. The van der Waals surface area contributed by atoms with Crippen molar-refractivity contribution in [3.63, 3.8) is 0 Å². The molecule has 1 heterocycles. The van der Waals surface area contributed by atoms with Crippen LogP contribution in [0.1, 0.15) is 11.1 Å². The van der Waals surface area contributed by atoms with Crippen LogP contribution in [0.5, 0.6) is 0 Å². The van der Waals surface area contributed by atoms with Gasteiger partial charge in [0.25, 0.3) is 0 Å². The molecule has 3 rings (SSSR count). The molecule has 2 aromatic rings. The Kier molecular flexibility index (Phi) is 5.72. The number of hydrogen-bond acceptors (Lipinski definition) is 3. The third-order valence-corrected chi connectivity index (χ3v) is 6.41. The summed E-state index contributed by atoms with van der Waals surface area (Å²) in [5.41, 5.74) is 2.09. The average molecular weight is 388 g/mol. The number of amides is 1. The van der Waals surface area contributed by atoms with Crippen molar-refractivity contribution in [2.75, 3.05) is 26.2 Å². The van der Waals surface area contributed by atoms with E-state index >= 15 is 0 Å². The van der Waals surface area contributed by atoms with Gasteiger partial charge in [-0.1, -0.05) is 29.8 Å². The maximum atomic E-state index is 13.0. The summed E-state index contributed by atoms with van der Waals surface area (Å²) in [5, 5.41) is 0. The Bertz CT molecular complexity index is 930. The van der Waals surface area contributed by atoms with E-state index in [1.807, 2.05) is 31.2 Å². The number of rotatable bonds is 4. The quantitative estimate of drug-likeness (QED) is 0.757. The molecule has 0 radical (unpaired) electrons. The van der Waals surface area contributed by atoms with Crippen LogP contribution in [-0.4, -0.2) is 49.7 Å². The number of carbonyl (C=O) groups is 1. The zero-order valence-corrected chi connectivity index (χ0v) is 15.8. The lowest BCUT2D eigenvalue weighted by Crippen LogP contribution is -2.50. The first-order chi connectivity index (χ1) is 12.9. The molecule has 0 bridgehead atoms. The second-order valence-electron chi connectivity index (χ2n) is 6.43. The number of sulfonamides is 1. The fourth-order valence-corrected chi connectivity index (χ4v) is 4.28. The maximum Gasteiger partial charge on any atom is 0.246 e. The van der Waals surface area contributed by atoms with Gasteiger partial charge in [0.2, 0.25) is 15.9 Å². The van der Waals surface area contributed by atoms with E-state index in [0.29, 0.717) is 13.1 Å². The van der Waals surface area contributed by atoms with Crippen LogP contribution in [0.15, 0.2) is 59.5 Å². The number of benzene rings is 2. The molecule has 142 valence electrons. The third kappa shape index (κ3) is 4.61. The van der Waals surface area contributed by atoms with Gasteiger partial charge in [0.15, 0.2) is 0 Å². The second-order valence-corrected chi connectivity index (χ2v) is 8.37. The summed E-state index contributed by atoms with van der Waals surface area (Å²) in [4.78, 5) is 14.0. The largest absolute Gasteiger partial charge is 0.337 e. The summed E-state index contributed by atoms with van der Waals surface area (Å²) in [7, 11) is -3.68. The second kappa shape index (κ2) is 8.02. The van der Waals surface area contributed by atoms with Crippen molar-refractivity contribution in [2.24, 2.45) is 0 Å². The van der Waals surface area contributed by atoms with E-state index in [1.165, 1.54) is 22.5 Å². The summed E-state index contributed by atoms with van der Waals surface area (Å²) >= 11 is 0. The molecule has 1 saturated heterocycles. The van der Waals surface area contributed by atoms with E-state index in [0.717, 1.165) is 23.3 Å². The van der Waals surface area contributed by atoms with Gasteiger partial charge in [0, 0.05) is 32.3 Å². The van der Waals surface area contributed by atoms with E-state index in [1.54, 1.807) is 11.0 Å². The first-order valence-electron chi connectivity index (χ1n) is 8.66. The third-order valence-electron chi connectivity index (χ3n) is 4.50. The molecule has 0 N–H and O–H groups in total. The van der Waals surface area contributed by atoms with E-state index in [4.69, 9.17) is 0 Å². The van der Waals surface area contributed by atoms with Gasteiger partial charge in [0.1, 0.15) is 5.82 Å². The average Bonchev–Trinajstić information content (AvgIpc) is 2.68. The van der Waals surface area contributed by atoms with Gasteiger partial charge in [0.05, 0.1) is 4.90 Å².